The maximum Gasteiger partial charge on any atom is 0.307 e. The third-order valence-electron chi connectivity index (χ3n) is 2.32. The Kier molecular flexibility index (Phi) is 2.95. The Bertz CT molecular complexity index is 703. The third-order valence-corrected chi connectivity index (χ3v) is 2.32. The summed E-state index contributed by atoms with van der Waals surface area (Å²) in [5, 5.41) is 10.6. The highest BCUT2D eigenvalue weighted by atomic mass is 19.1. The Morgan fingerprint density at radius 2 is 2.05 bits per heavy atom. The summed E-state index contributed by atoms with van der Waals surface area (Å²) in [6.45, 7) is 0. The molecule has 0 bridgehead atoms. The minimum atomic E-state index is -1.08. The molecular weight excluding hydrogens is 259 g/mol. The molecule has 0 aliphatic rings. The number of aromatic nitrogens is 2. The van der Waals surface area contributed by atoms with Gasteiger partial charge in [0.1, 0.15) is 0 Å². The Morgan fingerprint density at radius 1 is 1.42 bits per heavy atom. The van der Waals surface area contributed by atoms with Gasteiger partial charge in [-0.05, 0) is 0 Å². The number of ether oxygens (including phenoxy) is 1. The number of halogens is 1. The lowest BCUT2D eigenvalue weighted by molar-refractivity contribution is -0.387. The van der Waals surface area contributed by atoms with Crippen LogP contribution in [0.1, 0.15) is 10.5 Å². The Labute approximate surface area is 105 Å². The number of primary amides is 1. The molecule has 8 nitrogen and oxygen atoms in total. The minimum absolute atomic E-state index is 0.0231. The van der Waals surface area contributed by atoms with Gasteiger partial charge in [-0.1, -0.05) is 0 Å². The Balaban J connectivity index is 2.78. The van der Waals surface area contributed by atoms with Crippen molar-refractivity contribution in [2.75, 3.05) is 7.11 Å². The van der Waals surface area contributed by atoms with E-state index in [1.54, 1.807) is 0 Å². The van der Waals surface area contributed by atoms with Gasteiger partial charge < -0.3 is 10.5 Å². The molecule has 0 saturated heterocycles. The van der Waals surface area contributed by atoms with Crippen LogP contribution >= 0.6 is 0 Å². The number of methoxy groups -OCH3 is 1. The number of nitro benzene ring substituents is 1. The number of hydrogen-bond acceptors (Lipinski definition) is 6. The van der Waals surface area contributed by atoms with Gasteiger partial charge in [-0.25, -0.2) is 9.97 Å². The third kappa shape index (κ3) is 2.12. The molecule has 0 aliphatic carbocycles. The lowest BCUT2D eigenvalue weighted by Crippen LogP contribution is -2.15. The quantitative estimate of drug-likeness (QED) is 0.647. The molecule has 0 fully saturated rings. The molecule has 1 aromatic carbocycles. The lowest BCUT2D eigenvalue weighted by atomic mass is 10.2. The predicted octanol–water partition coefficient (Wildman–Crippen LogP) is 0.785. The van der Waals surface area contributed by atoms with Crippen molar-refractivity contribution in [1.82, 2.24) is 9.97 Å². The van der Waals surface area contributed by atoms with Crippen LogP contribution in [0.3, 0.4) is 0 Å². The van der Waals surface area contributed by atoms with E-state index in [-0.39, 0.29) is 22.6 Å². The standard InChI is InChI=1S/C10H7FN4O4/c1-19-10-8(9(12)16)13-5-2-4(11)7(15(17)18)3-6(5)14-10/h2-3H,1H3,(H2,12,16). The molecule has 1 aromatic heterocycles. The fourth-order valence-corrected chi connectivity index (χ4v) is 1.49. The van der Waals surface area contributed by atoms with E-state index in [1.165, 1.54) is 7.11 Å². The fraction of sp³-hybridized carbons (Fsp3) is 0.100. The molecule has 2 aromatic rings. The number of amides is 1. The second-order valence-electron chi connectivity index (χ2n) is 3.50. The molecule has 0 spiro atoms. The average molecular weight is 266 g/mol. The van der Waals surface area contributed by atoms with Crippen molar-refractivity contribution < 1.29 is 18.8 Å². The van der Waals surface area contributed by atoms with Crippen molar-refractivity contribution in [3.05, 3.63) is 33.8 Å². The maximum atomic E-state index is 13.4. The van der Waals surface area contributed by atoms with Gasteiger partial charge in [-0.2, -0.15) is 4.39 Å². The molecule has 2 N–H and O–H groups in total. The summed E-state index contributed by atoms with van der Waals surface area (Å²) in [6.07, 6.45) is 0. The van der Waals surface area contributed by atoms with Crippen LogP contribution in [0.4, 0.5) is 10.1 Å². The Morgan fingerprint density at radius 3 is 2.58 bits per heavy atom. The summed E-state index contributed by atoms with van der Waals surface area (Å²) < 4.78 is 18.2. The van der Waals surface area contributed by atoms with E-state index in [9.17, 15) is 19.3 Å². The van der Waals surface area contributed by atoms with Crippen molar-refractivity contribution in [2.24, 2.45) is 5.73 Å². The van der Waals surface area contributed by atoms with Crippen molar-refractivity contribution in [2.45, 2.75) is 0 Å². The topological polar surface area (TPSA) is 121 Å². The zero-order valence-corrected chi connectivity index (χ0v) is 9.58. The van der Waals surface area contributed by atoms with Gasteiger partial charge >= 0.3 is 5.69 Å². The summed E-state index contributed by atoms with van der Waals surface area (Å²) in [4.78, 5) is 28.5. The first-order valence-electron chi connectivity index (χ1n) is 4.93. The maximum absolute atomic E-state index is 13.4. The number of nitro groups is 1. The molecule has 1 amide bonds. The molecule has 0 radical (unpaired) electrons. The largest absolute Gasteiger partial charge is 0.479 e. The molecule has 0 saturated carbocycles. The van der Waals surface area contributed by atoms with Gasteiger partial charge in [0.05, 0.1) is 23.1 Å². The normalized spacial score (nSPS) is 10.4. The second kappa shape index (κ2) is 4.44. The molecule has 9 heteroatoms. The van der Waals surface area contributed by atoms with Gasteiger partial charge in [0.2, 0.25) is 11.7 Å². The van der Waals surface area contributed by atoms with E-state index < -0.39 is 22.3 Å². The van der Waals surface area contributed by atoms with Crippen molar-refractivity contribution in [1.29, 1.82) is 0 Å². The summed E-state index contributed by atoms with van der Waals surface area (Å²) in [6, 6.07) is 1.72. The van der Waals surface area contributed by atoms with Crippen molar-refractivity contribution in [3.8, 4) is 5.88 Å². The van der Waals surface area contributed by atoms with Crippen LogP contribution < -0.4 is 10.5 Å². The molecule has 0 aliphatic heterocycles. The molecule has 0 atom stereocenters. The zero-order valence-electron chi connectivity index (χ0n) is 9.58. The number of benzene rings is 1. The van der Waals surface area contributed by atoms with Crippen LogP contribution in [0.15, 0.2) is 12.1 Å². The lowest BCUT2D eigenvalue weighted by Gasteiger charge is -2.05. The molecule has 0 unspecified atom stereocenters. The van der Waals surface area contributed by atoms with E-state index >= 15 is 0 Å². The van der Waals surface area contributed by atoms with E-state index in [1.807, 2.05) is 0 Å². The fourth-order valence-electron chi connectivity index (χ4n) is 1.49. The van der Waals surface area contributed by atoms with Gasteiger partial charge in [0, 0.05) is 12.1 Å². The van der Waals surface area contributed by atoms with E-state index in [2.05, 4.69) is 9.97 Å². The zero-order chi connectivity index (χ0) is 14.2. The summed E-state index contributed by atoms with van der Waals surface area (Å²) in [5.74, 6) is -2.15. The molecule has 19 heavy (non-hydrogen) atoms. The highest BCUT2D eigenvalue weighted by molar-refractivity contribution is 5.95. The van der Waals surface area contributed by atoms with Crippen molar-refractivity contribution in [3.63, 3.8) is 0 Å². The summed E-state index contributed by atoms with van der Waals surface area (Å²) in [7, 11) is 1.24. The number of rotatable bonds is 3. The van der Waals surface area contributed by atoms with Gasteiger partial charge in [-0.3, -0.25) is 14.9 Å². The van der Waals surface area contributed by atoms with Gasteiger partial charge in [0.15, 0.2) is 5.69 Å². The van der Waals surface area contributed by atoms with Crippen LogP contribution in [0.25, 0.3) is 11.0 Å². The predicted molar refractivity (Wildman–Crippen MR) is 61.2 cm³/mol. The van der Waals surface area contributed by atoms with Crippen LogP contribution in [0, 0.1) is 15.9 Å². The highest BCUT2D eigenvalue weighted by Gasteiger charge is 2.20. The summed E-state index contributed by atoms with van der Waals surface area (Å²) in [5.41, 5.74) is 4.05. The van der Waals surface area contributed by atoms with Crippen LogP contribution in [-0.4, -0.2) is 27.9 Å². The monoisotopic (exact) mass is 266 g/mol. The first-order valence-corrected chi connectivity index (χ1v) is 4.93. The smallest absolute Gasteiger partial charge is 0.307 e. The second-order valence-corrected chi connectivity index (χ2v) is 3.50. The average Bonchev–Trinajstić information content (AvgIpc) is 2.35. The summed E-state index contributed by atoms with van der Waals surface area (Å²) >= 11 is 0. The number of hydrogen-bond donors (Lipinski definition) is 1. The van der Waals surface area contributed by atoms with Crippen LogP contribution in [-0.2, 0) is 0 Å². The van der Waals surface area contributed by atoms with Gasteiger partial charge in [0.25, 0.3) is 5.91 Å². The van der Waals surface area contributed by atoms with Crippen LogP contribution in [0.5, 0.6) is 5.88 Å². The molecule has 98 valence electrons. The van der Waals surface area contributed by atoms with E-state index in [4.69, 9.17) is 10.5 Å². The minimum Gasteiger partial charge on any atom is -0.479 e. The van der Waals surface area contributed by atoms with E-state index in [0.29, 0.717) is 0 Å². The van der Waals surface area contributed by atoms with Crippen molar-refractivity contribution >= 4 is 22.6 Å². The van der Waals surface area contributed by atoms with E-state index in [0.717, 1.165) is 12.1 Å². The van der Waals surface area contributed by atoms with Crippen LogP contribution in [0.2, 0.25) is 0 Å². The molecule has 1 heterocycles. The number of nitrogens with two attached hydrogens (primary N) is 1. The SMILES string of the molecule is COc1nc2cc([N+](=O)[O-])c(F)cc2nc1C(N)=O. The number of fused-ring (bicyclic) bond motifs is 1. The molecular formula is C10H7FN4O4. The molecule has 2 rings (SSSR count). The first-order chi connectivity index (χ1) is 8.93. The van der Waals surface area contributed by atoms with Gasteiger partial charge in [-0.15, -0.1) is 0 Å². The Hall–Kier alpha value is -2.84. The number of nitrogens with zero attached hydrogens (tertiary/aromatic N) is 3. The number of carbonyl (C=O) groups is 1. The first kappa shape index (κ1) is 12.6. The number of carbonyl (C=O) groups excluding carboxylic acids is 1. The highest BCUT2D eigenvalue weighted by Crippen LogP contribution is 2.25.